The second-order valence-electron chi connectivity index (χ2n) is 8.48. The molecule has 0 aromatic heterocycles. The lowest BCUT2D eigenvalue weighted by Crippen LogP contribution is -2.51. The zero-order valence-electron chi connectivity index (χ0n) is 20.5. The van der Waals surface area contributed by atoms with E-state index in [2.05, 4.69) is 5.32 Å². The van der Waals surface area contributed by atoms with Gasteiger partial charge in [-0.2, -0.15) is 36.9 Å². The summed E-state index contributed by atoms with van der Waals surface area (Å²) in [6, 6.07) is 10.6. The fourth-order valence-electron chi connectivity index (χ4n) is 3.68. The van der Waals surface area contributed by atoms with Gasteiger partial charge in [0.15, 0.2) is 5.82 Å². The maximum atomic E-state index is 14.7. The molecule has 218 valence electrons. The minimum absolute atomic E-state index is 0.114. The number of rotatable bonds is 5. The summed E-state index contributed by atoms with van der Waals surface area (Å²) in [5.74, 6) is -4.43. The molecule has 42 heavy (non-hydrogen) atoms. The molecule has 0 fully saturated rings. The molecule has 6 nitrogen and oxygen atoms in total. The standard InChI is InChI=1S/C26H12Cl2F8N4O2/c1-11-6-12(9-37)2-5-15(11)23(42)39-18-7-13(3-4-14(18)10-38)22(41)40-21-17(27)8-16(20(29)19(21)28)24(30,25(31,32)33)26(34,35)36/h2-8H,1H3,(H,39,42)(H,40,41). The normalized spacial score (nSPS) is 11.8. The fraction of sp³-hybridized carbons (Fsp3) is 0.154. The minimum Gasteiger partial charge on any atom is -0.321 e. The van der Waals surface area contributed by atoms with Crippen LogP contribution in [0.25, 0.3) is 0 Å². The minimum atomic E-state index is -6.66. The van der Waals surface area contributed by atoms with E-state index >= 15 is 0 Å². The second kappa shape index (κ2) is 11.5. The molecule has 0 saturated carbocycles. The molecule has 0 spiro atoms. The Bertz CT molecular complexity index is 1680. The Morgan fingerprint density at radius 3 is 1.98 bits per heavy atom. The van der Waals surface area contributed by atoms with Crippen molar-refractivity contribution in [1.82, 2.24) is 0 Å². The maximum absolute atomic E-state index is 14.7. The fourth-order valence-corrected chi connectivity index (χ4v) is 4.23. The molecule has 0 atom stereocenters. The Hall–Kier alpha value is -4.40. The molecule has 0 aliphatic rings. The van der Waals surface area contributed by atoms with Crippen LogP contribution in [0.2, 0.25) is 10.0 Å². The molecule has 3 aromatic rings. The van der Waals surface area contributed by atoms with E-state index in [0.717, 1.165) is 18.2 Å². The number of benzene rings is 3. The monoisotopic (exact) mass is 634 g/mol. The predicted octanol–water partition coefficient (Wildman–Crippen LogP) is 7.98. The number of halogens is 10. The van der Waals surface area contributed by atoms with E-state index in [4.69, 9.17) is 28.5 Å². The number of carbonyl (C=O) groups excluding carboxylic acids is 2. The first-order valence-electron chi connectivity index (χ1n) is 11.0. The van der Waals surface area contributed by atoms with E-state index in [1.54, 1.807) is 13.0 Å². The zero-order valence-corrected chi connectivity index (χ0v) is 22.0. The van der Waals surface area contributed by atoms with Gasteiger partial charge in [0, 0.05) is 16.7 Å². The van der Waals surface area contributed by atoms with Gasteiger partial charge in [-0.25, -0.2) is 8.78 Å². The van der Waals surface area contributed by atoms with Crippen LogP contribution in [0.1, 0.15) is 43.0 Å². The van der Waals surface area contributed by atoms with Gasteiger partial charge in [0.1, 0.15) is 11.1 Å². The number of anilines is 2. The van der Waals surface area contributed by atoms with Crippen LogP contribution in [0.5, 0.6) is 0 Å². The van der Waals surface area contributed by atoms with E-state index in [0.29, 0.717) is 5.56 Å². The molecule has 0 bridgehead atoms. The summed E-state index contributed by atoms with van der Waals surface area (Å²) in [5.41, 5.74) is -9.64. The van der Waals surface area contributed by atoms with Gasteiger partial charge in [0.05, 0.1) is 33.6 Å². The molecule has 2 amide bonds. The lowest BCUT2D eigenvalue weighted by atomic mass is 9.93. The number of carbonyl (C=O) groups is 2. The molecule has 0 unspecified atom stereocenters. The maximum Gasteiger partial charge on any atom is 0.436 e. The third kappa shape index (κ3) is 5.82. The predicted molar refractivity (Wildman–Crippen MR) is 134 cm³/mol. The average molecular weight is 635 g/mol. The number of nitriles is 2. The molecular formula is C26H12Cl2F8N4O2. The lowest BCUT2D eigenvalue weighted by Gasteiger charge is -2.31. The highest BCUT2D eigenvalue weighted by Gasteiger charge is 2.74. The molecule has 16 heteroatoms. The molecule has 2 N–H and O–H groups in total. The van der Waals surface area contributed by atoms with Crippen LogP contribution in [-0.2, 0) is 5.67 Å². The van der Waals surface area contributed by atoms with Crippen LogP contribution < -0.4 is 10.6 Å². The molecule has 0 aliphatic carbocycles. The SMILES string of the molecule is Cc1cc(C#N)ccc1C(=O)Nc1cc(C(=O)Nc2c(Cl)cc(C(F)(C(F)(F)F)C(F)(F)F)c(F)c2Cl)ccc1C#N. The molecule has 0 aliphatic heterocycles. The van der Waals surface area contributed by atoms with Gasteiger partial charge in [0.25, 0.3) is 11.8 Å². The highest BCUT2D eigenvalue weighted by molar-refractivity contribution is 6.40. The number of hydrogen-bond acceptors (Lipinski definition) is 4. The van der Waals surface area contributed by atoms with Crippen LogP contribution in [0.3, 0.4) is 0 Å². The first-order valence-corrected chi connectivity index (χ1v) is 11.8. The third-order valence-corrected chi connectivity index (χ3v) is 6.45. The van der Waals surface area contributed by atoms with E-state index in [1.807, 2.05) is 11.4 Å². The quantitative estimate of drug-likeness (QED) is 0.219. The summed E-state index contributed by atoms with van der Waals surface area (Å²) in [5, 5.41) is 20.0. The van der Waals surface area contributed by atoms with Crippen LogP contribution in [0, 0.1) is 35.4 Å². The Kier molecular flexibility index (Phi) is 8.77. The second-order valence-corrected chi connectivity index (χ2v) is 9.27. The molecule has 3 aromatic carbocycles. The summed E-state index contributed by atoms with van der Waals surface area (Å²) < 4.78 is 108. The largest absolute Gasteiger partial charge is 0.436 e. The summed E-state index contributed by atoms with van der Waals surface area (Å²) in [6.45, 7) is 1.54. The Morgan fingerprint density at radius 2 is 1.45 bits per heavy atom. The van der Waals surface area contributed by atoms with Crippen molar-refractivity contribution < 1.29 is 44.7 Å². The van der Waals surface area contributed by atoms with Crippen LogP contribution in [0.4, 0.5) is 46.5 Å². The molecule has 0 heterocycles. The summed E-state index contributed by atoms with van der Waals surface area (Å²) in [4.78, 5) is 25.6. The molecular weight excluding hydrogens is 623 g/mol. The summed E-state index contributed by atoms with van der Waals surface area (Å²) in [7, 11) is 0. The number of nitrogens with one attached hydrogen (secondary N) is 2. The van der Waals surface area contributed by atoms with Gasteiger partial charge in [-0.15, -0.1) is 0 Å². The lowest BCUT2D eigenvalue weighted by molar-refractivity contribution is -0.349. The first-order chi connectivity index (χ1) is 19.4. The van der Waals surface area contributed by atoms with Gasteiger partial charge < -0.3 is 10.6 Å². The van der Waals surface area contributed by atoms with Crippen molar-refractivity contribution >= 4 is 46.4 Å². The summed E-state index contributed by atoms with van der Waals surface area (Å²) in [6.07, 6.45) is -13.3. The van der Waals surface area contributed by atoms with E-state index in [1.165, 1.54) is 18.2 Å². The number of hydrogen-bond donors (Lipinski definition) is 2. The van der Waals surface area contributed by atoms with Gasteiger partial charge in [0.2, 0.25) is 0 Å². The average Bonchev–Trinajstić information content (AvgIpc) is 2.90. The van der Waals surface area contributed by atoms with Crippen molar-refractivity contribution in [1.29, 1.82) is 10.5 Å². The van der Waals surface area contributed by atoms with E-state index < -0.39 is 56.9 Å². The number of aryl methyl sites for hydroxylation is 1. The Morgan fingerprint density at radius 1 is 0.833 bits per heavy atom. The van der Waals surface area contributed by atoms with E-state index in [-0.39, 0.29) is 34.0 Å². The Labute approximate surface area is 241 Å². The number of nitrogens with zero attached hydrogens (tertiary/aromatic N) is 2. The third-order valence-electron chi connectivity index (χ3n) is 5.80. The van der Waals surface area contributed by atoms with Gasteiger partial charge in [-0.3, -0.25) is 9.59 Å². The van der Waals surface area contributed by atoms with Crippen molar-refractivity contribution in [3.63, 3.8) is 0 Å². The number of amides is 2. The van der Waals surface area contributed by atoms with Crippen molar-refractivity contribution in [3.05, 3.63) is 91.7 Å². The van der Waals surface area contributed by atoms with Crippen LogP contribution >= 0.6 is 23.2 Å². The van der Waals surface area contributed by atoms with E-state index in [9.17, 15) is 50.0 Å². The molecule has 0 radical (unpaired) electrons. The van der Waals surface area contributed by atoms with Crippen molar-refractivity contribution in [2.75, 3.05) is 10.6 Å². The van der Waals surface area contributed by atoms with Crippen molar-refractivity contribution in [2.24, 2.45) is 0 Å². The molecule has 0 saturated heterocycles. The Balaban J connectivity index is 1.99. The zero-order chi connectivity index (χ0) is 31.8. The van der Waals surface area contributed by atoms with Gasteiger partial charge in [-0.1, -0.05) is 23.2 Å². The smallest absolute Gasteiger partial charge is 0.321 e. The topological polar surface area (TPSA) is 106 Å². The van der Waals surface area contributed by atoms with Gasteiger partial charge in [-0.05, 0) is 55.0 Å². The molecule has 3 rings (SSSR count). The van der Waals surface area contributed by atoms with Gasteiger partial charge >= 0.3 is 18.0 Å². The van der Waals surface area contributed by atoms with Crippen molar-refractivity contribution in [2.45, 2.75) is 24.9 Å². The highest BCUT2D eigenvalue weighted by atomic mass is 35.5. The number of alkyl halides is 7. The first kappa shape index (κ1) is 32.1. The van der Waals surface area contributed by atoms with Crippen LogP contribution in [-0.4, -0.2) is 24.2 Å². The highest BCUT2D eigenvalue weighted by Crippen LogP contribution is 2.55. The summed E-state index contributed by atoms with van der Waals surface area (Å²) >= 11 is 11.3. The van der Waals surface area contributed by atoms with Crippen molar-refractivity contribution in [3.8, 4) is 12.1 Å². The van der Waals surface area contributed by atoms with Crippen LogP contribution in [0.15, 0.2) is 42.5 Å².